The number of hydrazone groups is 1. The normalized spacial score (nSPS) is 10.5. The zero-order valence-corrected chi connectivity index (χ0v) is 12.5. The second-order valence-corrected chi connectivity index (χ2v) is 4.90. The van der Waals surface area contributed by atoms with Crippen LogP contribution in [0.4, 0.5) is 4.39 Å². The number of aryl methyl sites for hydroxylation is 1. The maximum absolute atomic E-state index is 13.0. The maximum Gasteiger partial charge on any atom is 0.259 e. The van der Waals surface area contributed by atoms with Gasteiger partial charge in [0.1, 0.15) is 5.82 Å². The van der Waals surface area contributed by atoms with Gasteiger partial charge in [-0.15, -0.1) is 0 Å². The molecule has 0 atom stereocenters. The molecule has 2 rings (SSSR count). The number of amides is 2. The first-order chi connectivity index (χ1) is 11.0. The van der Waals surface area contributed by atoms with E-state index < -0.39 is 5.91 Å². The van der Waals surface area contributed by atoms with Crippen LogP contribution in [0.1, 0.15) is 21.5 Å². The molecular formula is C17H16FN3O2. The third-order valence-electron chi connectivity index (χ3n) is 2.94. The minimum absolute atomic E-state index is 0.201. The molecule has 0 heterocycles. The molecule has 6 heteroatoms. The molecule has 0 aliphatic heterocycles. The van der Waals surface area contributed by atoms with Gasteiger partial charge in [0.2, 0.25) is 0 Å². The first-order valence-electron chi connectivity index (χ1n) is 6.97. The summed E-state index contributed by atoms with van der Waals surface area (Å²) in [6.45, 7) is 1.68. The van der Waals surface area contributed by atoms with Gasteiger partial charge in [-0.1, -0.05) is 29.8 Å². The molecule has 2 N–H and O–H groups in total. The summed E-state index contributed by atoms with van der Waals surface area (Å²) in [5.74, 6) is -1.19. The Kier molecular flexibility index (Phi) is 5.57. The summed E-state index contributed by atoms with van der Waals surface area (Å²) >= 11 is 0. The van der Waals surface area contributed by atoms with Crippen molar-refractivity contribution >= 4 is 18.0 Å². The first-order valence-corrected chi connectivity index (χ1v) is 6.97. The molecule has 0 bridgehead atoms. The number of halogens is 1. The Morgan fingerprint density at radius 3 is 2.70 bits per heavy atom. The number of carbonyl (C=O) groups is 2. The molecule has 0 spiro atoms. The van der Waals surface area contributed by atoms with Gasteiger partial charge in [0.25, 0.3) is 11.8 Å². The second-order valence-electron chi connectivity index (χ2n) is 4.90. The van der Waals surface area contributed by atoms with Gasteiger partial charge in [-0.05, 0) is 36.8 Å². The van der Waals surface area contributed by atoms with Crippen LogP contribution in [-0.4, -0.2) is 24.6 Å². The Bertz CT molecular complexity index is 744. The Hall–Kier alpha value is -3.02. The van der Waals surface area contributed by atoms with Gasteiger partial charge in [-0.3, -0.25) is 9.59 Å². The lowest BCUT2D eigenvalue weighted by molar-refractivity contribution is -0.120. The van der Waals surface area contributed by atoms with Crippen molar-refractivity contribution in [1.82, 2.24) is 10.7 Å². The van der Waals surface area contributed by atoms with E-state index in [1.54, 1.807) is 30.3 Å². The maximum atomic E-state index is 13.0. The molecule has 0 aliphatic carbocycles. The van der Waals surface area contributed by atoms with E-state index in [0.29, 0.717) is 11.1 Å². The van der Waals surface area contributed by atoms with Crippen molar-refractivity contribution in [3.63, 3.8) is 0 Å². The molecule has 23 heavy (non-hydrogen) atoms. The van der Waals surface area contributed by atoms with E-state index in [2.05, 4.69) is 15.8 Å². The van der Waals surface area contributed by atoms with Gasteiger partial charge in [-0.25, -0.2) is 9.82 Å². The second kappa shape index (κ2) is 7.84. The quantitative estimate of drug-likeness (QED) is 0.655. The predicted octanol–water partition coefficient (Wildman–Crippen LogP) is 2.01. The highest BCUT2D eigenvalue weighted by molar-refractivity contribution is 5.96. The van der Waals surface area contributed by atoms with Crippen molar-refractivity contribution in [3.8, 4) is 0 Å². The molecular weight excluding hydrogens is 297 g/mol. The third kappa shape index (κ3) is 5.35. The van der Waals surface area contributed by atoms with Crippen LogP contribution >= 0.6 is 0 Å². The SMILES string of the molecule is Cc1cccc(C(=O)NCC(=O)NN=Cc2cccc(F)c2)c1. The highest BCUT2D eigenvalue weighted by Gasteiger charge is 2.07. The average Bonchev–Trinajstić information content (AvgIpc) is 2.52. The fourth-order valence-electron chi connectivity index (χ4n) is 1.85. The van der Waals surface area contributed by atoms with Crippen LogP contribution in [-0.2, 0) is 4.79 Å². The minimum Gasteiger partial charge on any atom is -0.343 e. The van der Waals surface area contributed by atoms with Gasteiger partial charge in [-0.2, -0.15) is 5.10 Å². The Morgan fingerprint density at radius 2 is 1.96 bits per heavy atom. The molecule has 0 radical (unpaired) electrons. The van der Waals surface area contributed by atoms with Crippen LogP contribution in [0.25, 0.3) is 0 Å². The van der Waals surface area contributed by atoms with Gasteiger partial charge < -0.3 is 5.32 Å². The van der Waals surface area contributed by atoms with Gasteiger partial charge in [0.15, 0.2) is 0 Å². The zero-order valence-electron chi connectivity index (χ0n) is 12.5. The number of hydrogen-bond acceptors (Lipinski definition) is 3. The molecule has 0 saturated carbocycles. The fourth-order valence-corrected chi connectivity index (χ4v) is 1.85. The molecule has 0 saturated heterocycles. The van der Waals surface area contributed by atoms with Crippen LogP contribution in [0.15, 0.2) is 53.6 Å². The zero-order chi connectivity index (χ0) is 16.7. The molecule has 5 nitrogen and oxygen atoms in total. The van der Waals surface area contributed by atoms with Crippen LogP contribution in [0.5, 0.6) is 0 Å². The lowest BCUT2D eigenvalue weighted by Crippen LogP contribution is -2.34. The Balaban J connectivity index is 1.80. The molecule has 2 amide bonds. The summed E-state index contributed by atoms with van der Waals surface area (Å²) in [7, 11) is 0. The summed E-state index contributed by atoms with van der Waals surface area (Å²) in [5.41, 5.74) is 4.23. The summed E-state index contributed by atoms with van der Waals surface area (Å²) in [4.78, 5) is 23.5. The average molecular weight is 313 g/mol. The molecule has 0 unspecified atom stereocenters. The van der Waals surface area contributed by atoms with E-state index in [0.717, 1.165) is 5.56 Å². The highest BCUT2D eigenvalue weighted by Crippen LogP contribution is 2.03. The van der Waals surface area contributed by atoms with Crippen molar-refractivity contribution in [2.24, 2.45) is 5.10 Å². The first kappa shape index (κ1) is 16.4. The Labute approximate surface area is 133 Å². The van der Waals surface area contributed by atoms with Crippen LogP contribution in [0, 0.1) is 12.7 Å². The number of hydrogen-bond donors (Lipinski definition) is 2. The van der Waals surface area contributed by atoms with E-state index in [9.17, 15) is 14.0 Å². The van der Waals surface area contributed by atoms with Crippen LogP contribution in [0.3, 0.4) is 0 Å². The van der Waals surface area contributed by atoms with Crippen molar-refractivity contribution in [3.05, 3.63) is 71.0 Å². The summed E-state index contributed by atoms with van der Waals surface area (Å²) in [6, 6.07) is 12.8. The van der Waals surface area contributed by atoms with E-state index in [1.807, 2.05) is 13.0 Å². The van der Waals surface area contributed by atoms with E-state index in [1.165, 1.54) is 18.3 Å². The van der Waals surface area contributed by atoms with Crippen molar-refractivity contribution < 1.29 is 14.0 Å². The fraction of sp³-hybridized carbons (Fsp3) is 0.118. The van der Waals surface area contributed by atoms with Crippen molar-refractivity contribution in [1.29, 1.82) is 0 Å². The monoisotopic (exact) mass is 313 g/mol. The van der Waals surface area contributed by atoms with Crippen LogP contribution < -0.4 is 10.7 Å². The predicted molar refractivity (Wildman–Crippen MR) is 85.6 cm³/mol. The molecule has 118 valence electrons. The standard InChI is InChI=1S/C17H16FN3O2/c1-12-4-2-6-14(8-12)17(23)19-11-16(22)21-20-10-13-5-3-7-15(18)9-13/h2-10H,11H2,1H3,(H,19,23)(H,21,22). The van der Waals surface area contributed by atoms with E-state index >= 15 is 0 Å². The number of nitrogens with one attached hydrogen (secondary N) is 2. The minimum atomic E-state index is -0.473. The van der Waals surface area contributed by atoms with Gasteiger partial charge in [0, 0.05) is 5.56 Å². The van der Waals surface area contributed by atoms with Gasteiger partial charge in [0.05, 0.1) is 12.8 Å². The van der Waals surface area contributed by atoms with E-state index in [4.69, 9.17) is 0 Å². The lowest BCUT2D eigenvalue weighted by atomic mass is 10.1. The number of nitrogens with zero attached hydrogens (tertiary/aromatic N) is 1. The van der Waals surface area contributed by atoms with Crippen LogP contribution in [0.2, 0.25) is 0 Å². The number of carbonyl (C=O) groups excluding carboxylic acids is 2. The molecule has 0 aliphatic rings. The van der Waals surface area contributed by atoms with E-state index in [-0.39, 0.29) is 18.3 Å². The number of benzene rings is 2. The molecule has 0 fully saturated rings. The Morgan fingerprint density at radius 1 is 1.17 bits per heavy atom. The van der Waals surface area contributed by atoms with Gasteiger partial charge >= 0.3 is 0 Å². The van der Waals surface area contributed by atoms with Crippen molar-refractivity contribution in [2.45, 2.75) is 6.92 Å². The molecule has 2 aromatic rings. The molecule has 0 aromatic heterocycles. The topological polar surface area (TPSA) is 70.6 Å². The smallest absolute Gasteiger partial charge is 0.259 e. The van der Waals surface area contributed by atoms with Crippen molar-refractivity contribution in [2.75, 3.05) is 6.54 Å². The third-order valence-corrected chi connectivity index (χ3v) is 2.94. The lowest BCUT2D eigenvalue weighted by Gasteiger charge is -2.04. The number of rotatable bonds is 5. The largest absolute Gasteiger partial charge is 0.343 e. The highest BCUT2D eigenvalue weighted by atomic mass is 19.1. The summed E-state index contributed by atoms with van der Waals surface area (Å²) in [6.07, 6.45) is 1.32. The summed E-state index contributed by atoms with van der Waals surface area (Å²) in [5, 5.41) is 6.20. The summed E-state index contributed by atoms with van der Waals surface area (Å²) < 4.78 is 13.0. The molecule has 2 aromatic carbocycles.